The molecule has 1 amide bonds. The van der Waals surface area contributed by atoms with E-state index in [4.69, 9.17) is 9.57 Å². The van der Waals surface area contributed by atoms with Gasteiger partial charge in [0.25, 0.3) is 0 Å². The van der Waals surface area contributed by atoms with Crippen molar-refractivity contribution in [3.8, 4) is 0 Å². The van der Waals surface area contributed by atoms with Gasteiger partial charge in [0.1, 0.15) is 0 Å². The van der Waals surface area contributed by atoms with Gasteiger partial charge in [-0.15, -0.1) is 0 Å². The summed E-state index contributed by atoms with van der Waals surface area (Å²) in [5.41, 5.74) is 3.15. The molecule has 31 heavy (non-hydrogen) atoms. The predicted octanol–water partition coefficient (Wildman–Crippen LogP) is 3.80. The Morgan fingerprint density at radius 3 is 2.74 bits per heavy atom. The summed E-state index contributed by atoms with van der Waals surface area (Å²) in [7, 11) is 1.80. The van der Waals surface area contributed by atoms with Crippen LogP contribution in [-0.4, -0.2) is 72.9 Å². The van der Waals surface area contributed by atoms with Crippen LogP contribution in [-0.2, 0) is 21.5 Å². The van der Waals surface area contributed by atoms with E-state index in [2.05, 4.69) is 34.2 Å². The van der Waals surface area contributed by atoms with E-state index in [1.807, 2.05) is 11.8 Å². The van der Waals surface area contributed by atoms with Crippen molar-refractivity contribution in [2.45, 2.75) is 69.5 Å². The molecule has 5 rings (SSSR count). The second-order valence-electron chi connectivity index (χ2n) is 9.94. The fourth-order valence-electron chi connectivity index (χ4n) is 6.90. The number of likely N-dealkylation sites (tertiary alicyclic amines) is 2. The fraction of sp³-hybridized carbons (Fsp3) is 0.720. The number of piperidine rings is 2. The van der Waals surface area contributed by atoms with Gasteiger partial charge in [-0.3, -0.25) is 0 Å². The van der Waals surface area contributed by atoms with E-state index in [-0.39, 0.29) is 11.5 Å². The highest BCUT2D eigenvalue weighted by atomic mass is 16.7. The molecule has 6 heteroatoms. The molecule has 170 valence electrons. The summed E-state index contributed by atoms with van der Waals surface area (Å²) in [4.78, 5) is 22.9. The highest BCUT2D eigenvalue weighted by Crippen LogP contribution is 2.45. The maximum atomic E-state index is 12.5. The van der Waals surface area contributed by atoms with E-state index >= 15 is 0 Å². The number of carbonyl (C=O) groups excluding carboxylic acids is 1. The average Bonchev–Trinajstić information content (AvgIpc) is 3.24. The van der Waals surface area contributed by atoms with Crippen molar-refractivity contribution in [3.63, 3.8) is 0 Å². The van der Waals surface area contributed by atoms with Gasteiger partial charge in [-0.1, -0.05) is 24.3 Å². The first-order valence-corrected chi connectivity index (χ1v) is 12.2. The molecule has 0 bridgehead atoms. The van der Waals surface area contributed by atoms with Gasteiger partial charge in [0, 0.05) is 37.1 Å². The lowest BCUT2D eigenvalue weighted by molar-refractivity contribution is -0.161. The predicted molar refractivity (Wildman–Crippen MR) is 120 cm³/mol. The monoisotopic (exact) mass is 427 g/mol. The first-order chi connectivity index (χ1) is 15.1. The van der Waals surface area contributed by atoms with Gasteiger partial charge in [0.15, 0.2) is 0 Å². The van der Waals surface area contributed by atoms with Crippen molar-refractivity contribution >= 4 is 6.09 Å². The molecule has 6 nitrogen and oxygen atoms in total. The second-order valence-corrected chi connectivity index (χ2v) is 9.94. The minimum Gasteiger partial charge on any atom is -0.450 e. The van der Waals surface area contributed by atoms with Crippen LogP contribution in [0.2, 0.25) is 0 Å². The first-order valence-electron chi connectivity index (χ1n) is 12.2. The van der Waals surface area contributed by atoms with Gasteiger partial charge in [0.05, 0.1) is 13.7 Å². The van der Waals surface area contributed by atoms with Crippen LogP contribution >= 0.6 is 0 Å². The molecular weight excluding hydrogens is 390 g/mol. The molecule has 3 aliphatic heterocycles. The SMILES string of the molecule is CCOC(=O)N1CCCC2CC(N3CCC4(CC3)CN(OC)Cc3ccccc34)CC21. The number of nitrogens with zero attached hydrogens (tertiary/aromatic N) is 3. The van der Waals surface area contributed by atoms with Gasteiger partial charge in [0.2, 0.25) is 0 Å². The van der Waals surface area contributed by atoms with E-state index in [1.165, 1.54) is 36.8 Å². The number of rotatable bonds is 3. The molecule has 3 atom stereocenters. The molecule has 0 radical (unpaired) electrons. The second kappa shape index (κ2) is 8.72. The number of carbonyl (C=O) groups is 1. The Hall–Kier alpha value is -1.63. The molecule has 3 fully saturated rings. The highest BCUT2D eigenvalue weighted by molar-refractivity contribution is 5.68. The molecule has 0 aromatic heterocycles. The van der Waals surface area contributed by atoms with Crippen LogP contribution in [0.4, 0.5) is 4.79 Å². The zero-order valence-electron chi connectivity index (χ0n) is 19.1. The van der Waals surface area contributed by atoms with Gasteiger partial charge >= 0.3 is 6.09 Å². The Balaban J connectivity index is 1.27. The largest absolute Gasteiger partial charge is 0.450 e. The third-order valence-corrected chi connectivity index (χ3v) is 8.45. The maximum Gasteiger partial charge on any atom is 0.410 e. The van der Waals surface area contributed by atoms with Gasteiger partial charge < -0.3 is 19.4 Å². The van der Waals surface area contributed by atoms with Crippen LogP contribution in [0.5, 0.6) is 0 Å². The summed E-state index contributed by atoms with van der Waals surface area (Å²) in [6.45, 7) is 7.36. The van der Waals surface area contributed by atoms with Crippen LogP contribution in [0, 0.1) is 5.92 Å². The van der Waals surface area contributed by atoms with Gasteiger partial charge in [-0.2, -0.15) is 5.06 Å². The lowest BCUT2D eigenvalue weighted by Gasteiger charge is -2.49. The van der Waals surface area contributed by atoms with E-state index < -0.39 is 0 Å². The summed E-state index contributed by atoms with van der Waals surface area (Å²) in [6.07, 6.45) is 6.96. The lowest BCUT2D eigenvalue weighted by Crippen LogP contribution is -2.53. The summed E-state index contributed by atoms with van der Waals surface area (Å²) < 4.78 is 5.36. The number of hydrogen-bond donors (Lipinski definition) is 0. The van der Waals surface area contributed by atoms with E-state index in [0.717, 1.165) is 45.6 Å². The molecule has 4 aliphatic rings. The quantitative estimate of drug-likeness (QED) is 0.734. The summed E-state index contributed by atoms with van der Waals surface area (Å²) in [5.74, 6) is 0.637. The normalized spacial score (nSPS) is 30.8. The number of hydroxylamine groups is 2. The van der Waals surface area contributed by atoms with Crippen molar-refractivity contribution in [3.05, 3.63) is 35.4 Å². The third kappa shape index (κ3) is 3.87. The molecule has 2 saturated heterocycles. The van der Waals surface area contributed by atoms with Crippen molar-refractivity contribution < 1.29 is 14.4 Å². The molecule has 0 N–H and O–H groups in total. The lowest BCUT2D eigenvalue weighted by atomic mass is 9.69. The zero-order valence-corrected chi connectivity index (χ0v) is 19.1. The van der Waals surface area contributed by atoms with Crippen LogP contribution in [0.15, 0.2) is 24.3 Å². The van der Waals surface area contributed by atoms with E-state index in [1.54, 1.807) is 7.11 Å². The van der Waals surface area contributed by atoms with Crippen molar-refractivity contribution in [1.82, 2.24) is 14.9 Å². The maximum absolute atomic E-state index is 12.5. The number of benzene rings is 1. The van der Waals surface area contributed by atoms with Crippen LogP contribution in [0.1, 0.15) is 56.6 Å². The molecule has 3 unspecified atom stereocenters. The van der Waals surface area contributed by atoms with E-state index in [9.17, 15) is 4.79 Å². The third-order valence-electron chi connectivity index (χ3n) is 8.45. The standard InChI is InChI=1S/C25H37N3O3/c1-3-31-24(29)28-12-6-8-19-15-21(16-23(19)28)26-13-10-25(11-14-26)18-27(30-2)17-20-7-4-5-9-22(20)25/h4-5,7,9,19,21,23H,3,6,8,10-18H2,1-2H3. The molecule has 1 aromatic carbocycles. The molecule has 1 aromatic rings. The average molecular weight is 428 g/mol. The van der Waals surface area contributed by atoms with Gasteiger partial charge in [-0.05, 0) is 75.6 Å². The number of amides is 1. The summed E-state index contributed by atoms with van der Waals surface area (Å²) in [5, 5.41) is 2.14. The Labute approximate surface area is 186 Å². The van der Waals surface area contributed by atoms with Crippen molar-refractivity contribution in [2.75, 3.05) is 39.9 Å². The Bertz CT molecular complexity index is 792. The molecule has 1 saturated carbocycles. The first kappa shape index (κ1) is 21.2. The number of hydrogen-bond acceptors (Lipinski definition) is 5. The minimum absolute atomic E-state index is 0.103. The number of fused-ring (bicyclic) bond motifs is 3. The van der Waals surface area contributed by atoms with E-state index in [0.29, 0.717) is 24.6 Å². The van der Waals surface area contributed by atoms with Gasteiger partial charge in [-0.25, -0.2) is 4.79 Å². The summed E-state index contributed by atoms with van der Waals surface area (Å²) in [6, 6.07) is 9.92. The topological polar surface area (TPSA) is 45.2 Å². The highest BCUT2D eigenvalue weighted by Gasteiger charge is 2.47. The Morgan fingerprint density at radius 2 is 1.97 bits per heavy atom. The van der Waals surface area contributed by atoms with Crippen molar-refractivity contribution in [1.29, 1.82) is 0 Å². The summed E-state index contributed by atoms with van der Waals surface area (Å²) >= 11 is 0. The minimum atomic E-state index is -0.103. The Kier molecular flexibility index (Phi) is 5.97. The molecular formula is C25H37N3O3. The molecule has 1 spiro atoms. The molecule has 3 heterocycles. The smallest absolute Gasteiger partial charge is 0.410 e. The number of ether oxygens (including phenoxy) is 1. The van der Waals surface area contributed by atoms with Crippen molar-refractivity contribution in [2.24, 2.45) is 5.92 Å². The van der Waals surface area contributed by atoms with Crippen LogP contribution < -0.4 is 0 Å². The molecule has 1 aliphatic carbocycles. The van der Waals surface area contributed by atoms with Crippen LogP contribution in [0.3, 0.4) is 0 Å². The van der Waals surface area contributed by atoms with Crippen LogP contribution in [0.25, 0.3) is 0 Å². The Morgan fingerprint density at radius 1 is 1.16 bits per heavy atom. The zero-order chi connectivity index (χ0) is 21.4. The fourth-order valence-corrected chi connectivity index (χ4v) is 6.90.